The van der Waals surface area contributed by atoms with Gasteiger partial charge in [0.1, 0.15) is 0 Å². The minimum Gasteiger partial charge on any atom is -0.456 e. The summed E-state index contributed by atoms with van der Waals surface area (Å²) in [5, 5.41) is 2.24. The lowest BCUT2D eigenvalue weighted by atomic mass is 10.0. The number of rotatable bonds is 4. The second-order valence-electron chi connectivity index (χ2n) is 6.73. The van der Waals surface area contributed by atoms with Crippen molar-refractivity contribution in [2.75, 3.05) is 23.4 Å². The predicted molar refractivity (Wildman–Crippen MR) is 107 cm³/mol. The molecule has 2 aromatic carbocycles. The Morgan fingerprint density at radius 3 is 2.82 bits per heavy atom. The van der Waals surface area contributed by atoms with Crippen LogP contribution in [0.3, 0.4) is 0 Å². The number of thioether (sulfide) groups is 1. The molecule has 0 radical (unpaired) electrons. The Bertz CT molecular complexity index is 930. The van der Waals surface area contributed by atoms with Crippen LogP contribution in [-0.4, -0.2) is 36.2 Å². The molecule has 4 rings (SSSR count). The molecule has 6 nitrogen and oxygen atoms in total. The summed E-state index contributed by atoms with van der Waals surface area (Å²) in [5.74, 6) is -1.02. The lowest BCUT2D eigenvalue weighted by Gasteiger charge is -2.29. The highest BCUT2D eigenvalue weighted by atomic mass is 32.2. The fourth-order valence-electron chi connectivity index (χ4n) is 3.45. The first-order valence-corrected chi connectivity index (χ1v) is 10.1. The summed E-state index contributed by atoms with van der Waals surface area (Å²) in [6, 6.07) is 15.2. The number of para-hydroxylation sites is 2. The number of esters is 1. The van der Waals surface area contributed by atoms with E-state index in [1.807, 2.05) is 48.5 Å². The fraction of sp³-hybridized carbons (Fsp3) is 0.286. The molecule has 2 aromatic rings. The number of anilines is 2. The standard InChI is InChI=1S/C21H20N2O4S/c24-19(23-11-5-7-14-6-1-3-9-16(14)23)13-27-20(25)12-18-21(26)22-15-8-2-4-10-17(15)28-18/h1-4,6,8-10,18H,5,7,11-13H2,(H,22,26)/t18-/m0/s1. The van der Waals surface area contributed by atoms with Crippen molar-refractivity contribution in [3.05, 3.63) is 54.1 Å². The third-order valence-electron chi connectivity index (χ3n) is 4.83. The first kappa shape index (κ1) is 18.6. The van der Waals surface area contributed by atoms with E-state index in [0.29, 0.717) is 6.54 Å². The van der Waals surface area contributed by atoms with Crippen LogP contribution in [0.1, 0.15) is 18.4 Å². The lowest BCUT2D eigenvalue weighted by Crippen LogP contribution is -2.39. The molecule has 0 saturated heterocycles. The van der Waals surface area contributed by atoms with Gasteiger partial charge in [-0.2, -0.15) is 0 Å². The summed E-state index contributed by atoms with van der Waals surface area (Å²) in [6.45, 7) is 0.299. The first-order valence-electron chi connectivity index (χ1n) is 9.22. The quantitative estimate of drug-likeness (QED) is 0.804. The second kappa shape index (κ2) is 8.06. The van der Waals surface area contributed by atoms with Gasteiger partial charge in [-0.1, -0.05) is 30.3 Å². The molecule has 144 valence electrons. The van der Waals surface area contributed by atoms with Crippen molar-refractivity contribution >= 4 is 40.9 Å². The molecule has 0 saturated carbocycles. The Kier molecular flexibility index (Phi) is 5.34. The highest BCUT2D eigenvalue weighted by Gasteiger charge is 2.30. The molecule has 0 aromatic heterocycles. The van der Waals surface area contributed by atoms with Gasteiger partial charge in [-0.25, -0.2) is 0 Å². The zero-order valence-corrected chi connectivity index (χ0v) is 16.0. The number of ether oxygens (including phenoxy) is 1. The number of hydrogen-bond acceptors (Lipinski definition) is 5. The summed E-state index contributed by atoms with van der Waals surface area (Å²) < 4.78 is 5.19. The van der Waals surface area contributed by atoms with Gasteiger partial charge in [0.2, 0.25) is 5.91 Å². The van der Waals surface area contributed by atoms with Crippen molar-refractivity contribution in [2.24, 2.45) is 0 Å². The van der Waals surface area contributed by atoms with Crippen molar-refractivity contribution in [3.8, 4) is 0 Å². The Labute approximate surface area is 167 Å². The molecule has 2 aliphatic heterocycles. The van der Waals surface area contributed by atoms with E-state index >= 15 is 0 Å². The highest BCUT2D eigenvalue weighted by molar-refractivity contribution is 8.01. The molecular formula is C21H20N2O4S. The largest absolute Gasteiger partial charge is 0.456 e. The third-order valence-corrected chi connectivity index (χ3v) is 6.10. The molecule has 0 fully saturated rings. The van der Waals surface area contributed by atoms with Crippen LogP contribution in [0.15, 0.2) is 53.4 Å². The average Bonchev–Trinajstić information content (AvgIpc) is 2.72. The van der Waals surface area contributed by atoms with Crippen molar-refractivity contribution in [1.82, 2.24) is 0 Å². The summed E-state index contributed by atoms with van der Waals surface area (Å²) in [4.78, 5) is 39.6. The molecule has 28 heavy (non-hydrogen) atoms. The number of amides is 2. The van der Waals surface area contributed by atoms with Crippen LogP contribution in [-0.2, 0) is 25.5 Å². The molecule has 1 atom stereocenters. The highest BCUT2D eigenvalue weighted by Crippen LogP contribution is 2.36. The summed E-state index contributed by atoms with van der Waals surface area (Å²) >= 11 is 1.34. The maximum Gasteiger partial charge on any atom is 0.307 e. The van der Waals surface area contributed by atoms with Crippen LogP contribution in [0.2, 0.25) is 0 Å². The van der Waals surface area contributed by atoms with E-state index in [0.717, 1.165) is 34.7 Å². The molecule has 2 heterocycles. The molecule has 0 bridgehead atoms. The molecular weight excluding hydrogens is 376 g/mol. The van der Waals surface area contributed by atoms with Crippen molar-refractivity contribution < 1.29 is 19.1 Å². The van der Waals surface area contributed by atoms with Gasteiger partial charge in [-0.15, -0.1) is 11.8 Å². The number of carbonyl (C=O) groups excluding carboxylic acids is 3. The van der Waals surface area contributed by atoms with E-state index in [4.69, 9.17) is 4.74 Å². The molecule has 2 amide bonds. The topological polar surface area (TPSA) is 75.7 Å². The van der Waals surface area contributed by atoms with Gasteiger partial charge in [0.05, 0.1) is 17.4 Å². The number of benzene rings is 2. The zero-order valence-electron chi connectivity index (χ0n) is 15.2. The molecule has 0 spiro atoms. The van der Waals surface area contributed by atoms with E-state index in [2.05, 4.69) is 5.32 Å². The Balaban J connectivity index is 1.33. The number of aryl methyl sites for hydroxylation is 1. The van der Waals surface area contributed by atoms with Crippen LogP contribution in [0.5, 0.6) is 0 Å². The lowest BCUT2D eigenvalue weighted by molar-refractivity contribution is -0.148. The Morgan fingerprint density at radius 2 is 1.93 bits per heavy atom. The molecule has 2 aliphatic rings. The smallest absolute Gasteiger partial charge is 0.307 e. The Hall–Kier alpha value is -2.80. The van der Waals surface area contributed by atoms with E-state index in [1.54, 1.807) is 4.90 Å². The second-order valence-corrected chi connectivity index (χ2v) is 7.98. The number of nitrogens with zero attached hydrogens (tertiary/aromatic N) is 1. The maximum absolute atomic E-state index is 12.5. The number of fused-ring (bicyclic) bond motifs is 2. The van der Waals surface area contributed by atoms with Gasteiger partial charge in [0.15, 0.2) is 6.61 Å². The molecule has 7 heteroatoms. The number of nitrogens with one attached hydrogen (secondary N) is 1. The van der Waals surface area contributed by atoms with Crippen LogP contribution in [0.25, 0.3) is 0 Å². The van der Waals surface area contributed by atoms with Crippen LogP contribution in [0.4, 0.5) is 11.4 Å². The summed E-state index contributed by atoms with van der Waals surface area (Å²) in [6.07, 6.45) is 1.75. The van der Waals surface area contributed by atoms with Crippen molar-refractivity contribution in [1.29, 1.82) is 0 Å². The van der Waals surface area contributed by atoms with Gasteiger partial charge >= 0.3 is 5.97 Å². The number of hydrogen-bond donors (Lipinski definition) is 1. The summed E-state index contributed by atoms with van der Waals surface area (Å²) in [7, 11) is 0. The van der Waals surface area contributed by atoms with Gasteiger partial charge in [-0.05, 0) is 36.6 Å². The maximum atomic E-state index is 12.5. The van der Waals surface area contributed by atoms with Crippen LogP contribution < -0.4 is 10.2 Å². The molecule has 0 unspecified atom stereocenters. The van der Waals surface area contributed by atoms with Gasteiger partial charge in [-0.3, -0.25) is 14.4 Å². The Morgan fingerprint density at radius 1 is 1.14 bits per heavy atom. The predicted octanol–water partition coefficient (Wildman–Crippen LogP) is 3.01. The van der Waals surface area contributed by atoms with Crippen molar-refractivity contribution in [3.63, 3.8) is 0 Å². The van der Waals surface area contributed by atoms with Crippen LogP contribution in [0, 0.1) is 0 Å². The van der Waals surface area contributed by atoms with E-state index in [9.17, 15) is 14.4 Å². The third kappa shape index (κ3) is 3.89. The minimum atomic E-state index is -0.562. The van der Waals surface area contributed by atoms with Crippen LogP contribution >= 0.6 is 11.8 Å². The van der Waals surface area contributed by atoms with Gasteiger partial charge in [0, 0.05) is 17.1 Å². The van der Waals surface area contributed by atoms with E-state index < -0.39 is 11.2 Å². The monoisotopic (exact) mass is 396 g/mol. The van der Waals surface area contributed by atoms with E-state index in [-0.39, 0.29) is 24.8 Å². The minimum absolute atomic E-state index is 0.0747. The molecule has 0 aliphatic carbocycles. The SMILES string of the molecule is O=C(C[C@@H]1Sc2ccccc2NC1=O)OCC(=O)N1CCCc2ccccc21. The van der Waals surface area contributed by atoms with Crippen molar-refractivity contribution in [2.45, 2.75) is 29.4 Å². The van der Waals surface area contributed by atoms with Gasteiger partial charge in [0.25, 0.3) is 5.91 Å². The first-order chi connectivity index (χ1) is 13.6. The van der Waals surface area contributed by atoms with E-state index in [1.165, 1.54) is 11.8 Å². The zero-order chi connectivity index (χ0) is 19.5. The fourth-order valence-corrected chi connectivity index (χ4v) is 4.55. The van der Waals surface area contributed by atoms with Gasteiger partial charge < -0.3 is 15.0 Å². The average molecular weight is 396 g/mol. The normalized spacial score (nSPS) is 17.9. The molecule has 1 N–H and O–H groups in total. The summed E-state index contributed by atoms with van der Waals surface area (Å²) in [5.41, 5.74) is 2.76. The number of carbonyl (C=O) groups is 3.